The molecule has 0 radical (unpaired) electrons. The van der Waals surface area contributed by atoms with Gasteiger partial charge >= 0.3 is 5.97 Å². The summed E-state index contributed by atoms with van der Waals surface area (Å²) in [6.07, 6.45) is 2.54. The molecule has 8 heteroatoms. The van der Waals surface area contributed by atoms with Crippen molar-refractivity contribution >= 4 is 16.0 Å². The lowest BCUT2D eigenvalue weighted by atomic mass is 9.89. The Hall–Kier alpha value is -1.41. The summed E-state index contributed by atoms with van der Waals surface area (Å²) in [6.45, 7) is 2.08. The molecule has 1 aliphatic heterocycles. The average molecular weight is 259 g/mol. The monoisotopic (exact) mass is 259 g/mol. The van der Waals surface area contributed by atoms with E-state index in [0.29, 0.717) is 0 Å². The van der Waals surface area contributed by atoms with Crippen molar-refractivity contribution in [3.05, 3.63) is 12.5 Å². The molecule has 1 aliphatic rings. The van der Waals surface area contributed by atoms with Crippen LogP contribution >= 0.6 is 0 Å². The second kappa shape index (κ2) is 4.11. The van der Waals surface area contributed by atoms with Crippen molar-refractivity contribution in [1.82, 2.24) is 14.3 Å². The first-order valence-electron chi connectivity index (χ1n) is 5.14. The Kier molecular flexibility index (Phi) is 2.92. The molecular formula is C9H13N3O4S. The third-order valence-electron chi connectivity index (χ3n) is 3.06. The fourth-order valence-electron chi connectivity index (χ4n) is 1.71. The molecule has 17 heavy (non-hydrogen) atoms. The zero-order valence-electron chi connectivity index (χ0n) is 9.20. The molecule has 0 aliphatic carbocycles. The Bertz CT molecular complexity index is 504. The van der Waals surface area contributed by atoms with E-state index in [9.17, 15) is 13.2 Å². The first-order valence-corrected chi connectivity index (χ1v) is 6.58. The summed E-state index contributed by atoms with van der Waals surface area (Å²) in [4.78, 5) is 16.9. The van der Waals surface area contributed by atoms with Gasteiger partial charge in [-0.05, 0) is 5.92 Å². The number of carboxylic acid groups (broad SMARTS) is 1. The van der Waals surface area contributed by atoms with E-state index in [4.69, 9.17) is 5.11 Å². The second-order valence-corrected chi connectivity index (χ2v) is 6.03. The first kappa shape index (κ1) is 12.1. The van der Waals surface area contributed by atoms with E-state index in [-0.39, 0.29) is 24.0 Å². The van der Waals surface area contributed by atoms with Crippen LogP contribution in [-0.2, 0) is 14.8 Å². The normalized spacial score (nSPS) is 19.8. The molecule has 0 aromatic carbocycles. The van der Waals surface area contributed by atoms with Crippen molar-refractivity contribution in [2.45, 2.75) is 11.9 Å². The van der Waals surface area contributed by atoms with Crippen molar-refractivity contribution in [2.24, 2.45) is 11.8 Å². The predicted molar refractivity (Wildman–Crippen MR) is 57.6 cm³/mol. The Morgan fingerprint density at radius 2 is 2.29 bits per heavy atom. The summed E-state index contributed by atoms with van der Waals surface area (Å²) in [5, 5.41) is 8.85. The van der Waals surface area contributed by atoms with E-state index in [0.717, 1.165) is 0 Å². The van der Waals surface area contributed by atoms with E-state index in [1.54, 1.807) is 6.92 Å². The van der Waals surface area contributed by atoms with Crippen LogP contribution in [0.4, 0.5) is 0 Å². The molecule has 0 bridgehead atoms. The lowest BCUT2D eigenvalue weighted by molar-refractivity contribution is -0.144. The van der Waals surface area contributed by atoms with Gasteiger partial charge in [0.15, 0.2) is 5.03 Å². The molecule has 1 saturated heterocycles. The molecule has 0 spiro atoms. The number of nitrogens with zero attached hydrogens (tertiary/aromatic N) is 2. The first-order chi connectivity index (χ1) is 7.93. The highest BCUT2D eigenvalue weighted by molar-refractivity contribution is 7.89. The number of aliphatic carboxylic acids is 1. The SMILES string of the molecule is CC(C(=O)O)C1CN(S(=O)(=O)c2cnc[nH]2)C1. The van der Waals surface area contributed by atoms with Crippen LogP contribution in [0.1, 0.15) is 6.92 Å². The van der Waals surface area contributed by atoms with E-state index < -0.39 is 21.9 Å². The summed E-state index contributed by atoms with van der Waals surface area (Å²) in [6, 6.07) is 0. The fraction of sp³-hybridized carbons (Fsp3) is 0.556. The lowest BCUT2D eigenvalue weighted by Crippen LogP contribution is -2.53. The molecule has 0 saturated carbocycles. The molecule has 1 aromatic heterocycles. The number of rotatable bonds is 4. The molecule has 1 fully saturated rings. The smallest absolute Gasteiger partial charge is 0.306 e. The van der Waals surface area contributed by atoms with Crippen LogP contribution in [0.5, 0.6) is 0 Å². The van der Waals surface area contributed by atoms with Crippen molar-refractivity contribution in [2.75, 3.05) is 13.1 Å². The quantitative estimate of drug-likeness (QED) is 0.776. The number of hydrogen-bond donors (Lipinski definition) is 2. The largest absolute Gasteiger partial charge is 0.481 e. The molecular weight excluding hydrogens is 246 g/mol. The zero-order valence-corrected chi connectivity index (χ0v) is 10.0. The number of H-pyrrole nitrogens is 1. The van der Waals surface area contributed by atoms with Gasteiger partial charge in [0.25, 0.3) is 10.0 Å². The summed E-state index contributed by atoms with van der Waals surface area (Å²) in [5.41, 5.74) is 0. The van der Waals surface area contributed by atoms with E-state index in [1.165, 1.54) is 16.8 Å². The van der Waals surface area contributed by atoms with E-state index in [1.807, 2.05) is 0 Å². The van der Waals surface area contributed by atoms with Crippen LogP contribution in [0.3, 0.4) is 0 Å². The minimum absolute atomic E-state index is 0.0407. The lowest BCUT2D eigenvalue weighted by Gasteiger charge is -2.39. The van der Waals surface area contributed by atoms with Crippen LogP contribution < -0.4 is 0 Å². The van der Waals surface area contributed by atoms with Crippen molar-refractivity contribution in [1.29, 1.82) is 0 Å². The van der Waals surface area contributed by atoms with Gasteiger partial charge in [0.2, 0.25) is 0 Å². The van der Waals surface area contributed by atoms with Gasteiger partial charge < -0.3 is 10.1 Å². The molecule has 2 rings (SSSR count). The molecule has 1 atom stereocenters. The third kappa shape index (κ3) is 2.05. The Labute approximate surface area is 98.5 Å². The summed E-state index contributed by atoms with van der Waals surface area (Å²) in [5.74, 6) is -1.54. The molecule has 1 aromatic rings. The topological polar surface area (TPSA) is 103 Å². The maximum absolute atomic E-state index is 11.9. The number of carbonyl (C=O) groups is 1. The van der Waals surface area contributed by atoms with Crippen LogP contribution in [0.25, 0.3) is 0 Å². The maximum Gasteiger partial charge on any atom is 0.306 e. The number of hydrogen-bond acceptors (Lipinski definition) is 4. The van der Waals surface area contributed by atoms with Crippen LogP contribution in [0, 0.1) is 11.8 Å². The van der Waals surface area contributed by atoms with Gasteiger partial charge in [-0.2, -0.15) is 4.31 Å². The number of sulfonamides is 1. The van der Waals surface area contributed by atoms with Crippen molar-refractivity contribution < 1.29 is 18.3 Å². The zero-order chi connectivity index (χ0) is 12.6. The van der Waals surface area contributed by atoms with Crippen LogP contribution in [0.15, 0.2) is 17.6 Å². The Morgan fingerprint density at radius 1 is 1.65 bits per heavy atom. The van der Waals surface area contributed by atoms with Gasteiger partial charge in [-0.25, -0.2) is 13.4 Å². The summed E-state index contributed by atoms with van der Waals surface area (Å²) < 4.78 is 25.1. The van der Waals surface area contributed by atoms with Gasteiger partial charge in [-0.1, -0.05) is 6.92 Å². The molecule has 2 N–H and O–H groups in total. The Balaban J connectivity index is 2.03. The van der Waals surface area contributed by atoms with Crippen LogP contribution in [-0.4, -0.2) is 46.9 Å². The van der Waals surface area contributed by atoms with Crippen molar-refractivity contribution in [3.8, 4) is 0 Å². The fourth-order valence-corrected chi connectivity index (χ4v) is 3.16. The second-order valence-electron chi connectivity index (χ2n) is 4.12. The maximum atomic E-state index is 11.9. The van der Waals surface area contributed by atoms with Gasteiger partial charge in [-0.15, -0.1) is 0 Å². The van der Waals surface area contributed by atoms with Gasteiger partial charge in [0, 0.05) is 13.1 Å². The highest BCUT2D eigenvalue weighted by Crippen LogP contribution is 2.28. The number of imidazole rings is 1. The molecule has 1 unspecified atom stereocenters. The summed E-state index contributed by atoms with van der Waals surface area (Å²) in [7, 11) is -3.53. The molecule has 2 heterocycles. The van der Waals surface area contributed by atoms with E-state index in [2.05, 4.69) is 9.97 Å². The highest BCUT2D eigenvalue weighted by Gasteiger charge is 2.41. The van der Waals surface area contributed by atoms with E-state index >= 15 is 0 Å². The average Bonchev–Trinajstić information content (AvgIpc) is 2.67. The van der Waals surface area contributed by atoms with Gasteiger partial charge in [0.05, 0.1) is 18.4 Å². The Morgan fingerprint density at radius 3 is 2.76 bits per heavy atom. The number of nitrogens with one attached hydrogen (secondary N) is 1. The molecule has 7 nitrogen and oxygen atoms in total. The molecule has 0 amide bonds. The van der Waals surface area contributed by atoms with Crippen LogP contribution in [0.2, 0.25) is 0 Å². The highest BCUT2D eigenvalue weighted by atomic mass is 32.2. The third-order valence-corrected chi connectivity index (χ3v) is 4.82. The van der Waals surface area contributed by atoms with Gasteiger partial charge in [-0.3, -0.25) is 4.79 Å². The predicted octanol–water partition coefficient (Wildman–Crippen LogP) is -0.249. The summed E-state index contributed by atoms with van der Waals surface area (Å²) >= 11 is 0. The minimum atomic E-state index is -3.53. The van der Waals surface area contributed by atoms with Gasteiger partial charge in [0.1, 0.15) is 0 Å². The molecule has 94 valence electrons. The number of aromatic nitrogens is 2. The minimum Gasteiger partial charge on any atom is -0.481 e. The number of carboxylic acids is 1. The number of aromatic amines is 1. The van der Waals surface area contributed by atoms with Crippen molar-refractivity contribution in [3.63, 3.8) is 0 Å². The standard InChI is InChI=1S/C9H13N3O4S/c1-6(9(13)14)7-3-12(4-7)17(15,16)8-2-10-5-11-8/h2,5-7H,3-4H2,1H3,(H,10,11)(H,13,14).